The van der Waals surface area contributed by atoms with Gasteiger partial charge in [0.15, 0.2) is 0 Å². The summed E-state index contributed by atoms with van der Waals surface area (Å²) in [6.07, 6.45) is 12.8. The van der Waals surface area contributed by atoms with E-state index in [1.54, 1.807) is 0 Å². The van der Waals surface area contributed by atoms with Crippen molar-refractivity contribution >= 4 is 127 Å². The van der Waals surface area contributed by atoms with Gasteiger partial charge in [-0.15, -0.1) is 0 Å². The lowest BCUT2D eigenvalue weighted by Crippen LogP contribution is -2.13. The average Bonchev–Trinajstić information content (AvgIpc) is 0.795. The Balaban J connectivity index is 0.000000133. The molecule has 16 aromatic rings. The van der Waals surface area contributed by atoms with E-state index in [4.69, 9.17) is 9.47 Å². The van der Waals surface area contributed by atoms with E-state index in [-0.39, 0.29) is 0 Å². The summed E-state index contributed by atoms with van der Waals surface area (Å²) in [7, 11) is 0. The van der Waals surface area contributed by atoms with Crippen molar-refractivity contribution < 1.29 is 9.47 Å². The number of hydrogen-bond acceptors (Lipinski definition) is 8. The number of aryl methyl sites for hydroxylation is 2. The van der Waals surface area contributed by atoms with Gasteiger partial charge in [-0.05, 0) is 265 Å². The van der Waals surface area contributed by atoms with Crippen LogP contribution in [-0.2, 0) is 12.8 Å². The Morgan fingerprint density at radius 2 is 0.373 bits per heavy atom. The van der Waals surface area contributed by atoms with Gasteiger partial charge in [0, 0.05) is 115 Å². The van der Waals surface area contributed by atoms with Crippen LogP contribution in [0.2, 0.25) is 0 Å². The number of benzene rings is 16. The third-order valence-electron chi connectivity index (χ3n) is 20.0. The van der Waals surface area contributed by atoms with Gasteiger partial charge >= 0.3 is 0 Å². The highest BCUT2D eigenvalue weighted by molar-refractivity contribution is 5.86. The maximum Gasteiger partial charge on any atom is 0.128 e. The minimum Gasteiger partial charge on any atom is -0.466 e. The van der Waals surface area contributed by atoms with Gasteiger partial charge in [-0.3, -0.25) is 0 Å². The highest BCUT2D eigenvalue weighted by Crippen LogP contribution is 2.44. The molecule has 0 unspecified atom stereocenters. The van der Waals surface area contributed by atoms with Crippen molar-refractivity contribution in [2.24, 2.45) is 0 Å². The largest absolute Gasteiger partial charge is 0.466 e. The topological polar surface area (TPSA) is 37.9 Å². The van der Waals surface area contributed by atoms with Crippen molar-refractivity contribution in [1.29, 1.82) is 0 Å². The van der Waals surface area contributed by atoms with E-state index in [0.29, 0.717) is 0 Å². The molecule has 0 radical (unpaired) electrons. The number of rotatable bonds is 26. The summed E-state index contributed by atoms with van der Waals surface area (Å²) >= 11 is 0. The first kappa shape index (κ1) is 79.0. The van der Waals surface area contributed by atoms with Gasteiger partial charge in [-0.25, -0.2) is 0 Å². The second-order valence-electron chi connectivity index (χ2n) is 27.6. The molecule has 0 N–H and O–H groups in total. The standard InChI is InChI=1S/C34H28N2O2.C34H28N2.C22H19N.C20H17N/c1-3-37-33-19-11-17-31(25-33)35(27-13-7-5-8-14-27)29-21-23-30(24-22-29)36(28-15-9-6-10-16-28)32-18-12-20-34(26-32)38-4-2;1-3-27-13-11-19-33(25-27)35(29-15-7-5-8-16-29)31-21-23-32(24-22-31)36(30-17-9-6-10-18-30)34-20-12-14-28(4-2)26-34;1-3-18-10-14-21(15-11-18)23(20-8-6-5-7-9-20)22-16-12-19(4-2)13-17-22;1-3-7-18(8-4-1)21(19-9-5-2-6-10-19)20-14-13-16-11-12-17(16)15-20/h3-26H,1-2H2;3-26H,1-2H2;3-17H,1-2H2;1-10,13-15H,11-12H2. The fourth-order valence-electron chi connectivity index (χ4n) is 14.2. The van der Waals surface area contributed by atoms with Gasteiger partial charge in [-0.2, -0.15) is 0 Å². The van der Waals surface area contributed by atoms with E-state index in [0.717, 1.165) is 119 Å². The van der Waals surface area contributed by atoms with Crippen LogP contribution < -0.4 is 38.9 Å². The van der Waals surface area contributed by atoms with Crippen molar-refractivity contribution in [3.05, 3.63) is 510 Å². The molecule has 118 heavy (non-hydrogen) atoms. The molecule has 8 nitrogen and oxygen atoms in total. The Morgan fingerprint density at radius 1 is 0.169 bits per heavy atom. The summed E-state index contributed by atoms with van der Waals surface area (Å²) in [6.45, 7) is 22.9. The predicted molar refractivity (Wildman–Crippen MR) is 503 cm³/mol. The van der Waals surface area contributed by atoms with Crippen molar-refractivity contribution in [2.75, 3.05) is 29.4 Å². The molecule has 0 atom stereocenters. The summed E-state index contributed by atoms with van der Waals surface area (Å²) in [6, 6.07) is 147. The van der Waals surface area contributed by atoms with E-state index in [9.17, 15) is 0 Å². The predicted octanol–water partition coefficient (Wildman–Crippen LogP) is 31.3. The van der Waals surface area contributed by atoms with Crippen molar-refractivity contribution in [3.8, 4) is 11.5 Å². The molecule has 17 rings (SSSR count). The van der Waals surface area contributed by atoms with Crippen LogP contribution in [0.15, 0.2) is 477 Å². The van der Waals surface area contributed by atoms with E-state index >= 15 is 0 Å². The molecule has 0 saturated carbocycles. The van der Waals surface area contributed by atoms with Gasteiger partial charge in [0.2, 0.25) is 0 Å². The maximum absolute atomic E-state index is 5.56. The van der Waals surface area contributed by atoms with Crippen molar-refractivity contribution in [2.45, 2.75) is 12.8 Å². The number of fused-ring (bicyclic) bond motifs is 1. The van der Waals surface area contributed by atoms with E-state index in [1.165, 1.54) is 53.6 Å². The van der Waals surface area contributed by atoms with Gasteiger partial charge in [-0.1, -0.05) is 258 Å². The smallest absolute Gasteiger partial charge is 0.128 e. The second kappa shape index (κ2) is 39.7. The van der Waals surface area contributed by atoms with Crippen LogP contribution in [0.25, 0.3) is 24.3 Å². The SMILES string of the molecule is C=COc1cccc(N(c2ccccc2)c2ccc(N(c3ccccc3)c3cccc(OC=C)c3)cc2)c1.C=Cc1ccc(N(c2ccccc2)c2ccc(C=C)cc2)cc1.C=Cc1cccc(N(c2ccccc2)c2ccc(N(c3ccccc3)c3cccc(C=C)c3)cc2)c1.c1ccc(N(c2ccccc2)c2ccc3c(c2)CC3)cc1. The van der Waals surface area contributed by atoms with Crippen LogP contribution in [0.4, 0.5) is 102 Å². The quantitative estimate of drug-likeness (QED) is 0.0497. The monoisotopic (exact) mass is 1530 g/mol. The zero-order valence-corrected chi connectivity index (χ0v) is 66.0. The first-order chi connectivity index (χ1) is 58.3. The van der Waals surface area contributed by atoms with E-state index in [2.05, 4.69) is 403 Å². The molecule has 8 heteroatoms. The molecule has 1 aliphatic rings. The van der Waals surface area contributed by atoms with Crippen LogP contribution in [0.3, 0.4) is 0 Å². The molecule has 0 bridgehead atoms. The molecule has 0 amide bonds. The molecular formula is C110H92N6O2. The fraction of sp³-hybridized carbons (Fsp3) is 0.0182. The summed E-state index contributed by atoms with van der Waals surface area (Å²) in [5.41, 5.74) is 27.0. The van der Waals surface area contributed by atoms with Crippen molar-refractivity contribution in [1.82, 2.24) is 0 Å². The number of ether oxygens (including phenoxy) is 2. The highest BCUT2D eigenvalue weighted by atomic mass is 16.5. The molecular weight excluding hydrogens is 1440 g/mol. The minimum absolute atomic E-state index is 0.729. The number of hydrogen-bond donors (Lipinski definition) is 0. The zero-order chi connectivity index (χ0) is 81.0. The highest BCUT2D eigenvalue weighted by Gasteiger charge is 2.22. The Morgan fingerprint density at radius 3 is 0.610 bits per heavy atom. The van der Waals surface area contributed by atoms with E-state index in [1.807, 2.05) is 115 Å². The lowest BCUT2D eigenvalue weighted by atomic mass is 9.88. The Hall–Kier alpha value is -15.6. The number of nitrogens with zero attached hydrogens (tertiary/aromatic N) is 6. The Kier molecular flexibility index (Phi) is 26.6. The van der Waals surface area contributed by atoms with Crippen LogP contribution in [0, 0.1) is 0 Å². The summed E-state index contributed by atoms with van der Waals surface area (Å²) in [5.74, 6) is 1.46. The van der Waals surface area contributed by atoms with Crippen LogP contribution in [-0.4, -0.2) is 0 Å². The third-order valence-corrected chi connectivity index (χ3v) is 20.0. The molecule has 574 valence electrons. The number of anilines is 18. The first-order valence-corrected chi connectivity index (χ1v) is 39.4. The lowest BCUT2D eigenvalue weighted by molar-refractivity contribution is 0.483. The van der Waals surface area contributed by atoms with Crippen molar-refractivity contribution in [3.63, 3.8) is 0 Å². The van der Waals surface area contributed by atoms with Crippen LogP contribution >= 0.6 is 0 Å². The molecule has 0 fully saturated rings. The van der Waals surface area contributed by atoms with Crippen LogP contribution in [0.1, 0.15) is 33.4 Å². The van der Waals surface area contributed by atoms with Gasteiger partial charge in [0.25, 0.3) is 0 Å². The molecule has 0 spiro atoms. The molecule has 16 aromatic carbocycles. The summed E-state index contributed by atoms with van der Waals surface area (Å²) in [5, 5.41) is 0. The van der Waals surface area contributed by atoms with Gasteiger partial charge < -0.3 is 38.9 Å². The van der Waals surface area contributed by atoms with Gasteiger partial charge in [0.05, 0.1) is 12.5 Å². The third kappa shape index (κ3) is 19.7. The zero-order valence-electron chi connectivity index (χ0n) is 66.0. The first-order valence-electron chi connectivity index (χ1n) is 39.4. The molecule has 0 saturated heterocycles. The Labute approximate surface area is 695 Å². The van der Waals surface area contributed by atoms with Crippen LogP contribution in [0.5, 0.6) is 11.5 Å². The second-order valence-corrected chi connectivity index (χ2v) is 27.6. The Bertz CT molecular complexity index is 5610. The minimum atomic E-state index is 0.729. The molecule has 1 aliphatic carbocycles. The summed E-state index contributed by atoms with van der Waals surface area (Å²) < 4.78 is 11.1. The normalized spacial score (nSPS) is 10.7. The lowest BCUT2D eigenvalue weighted by Gasteiger charge is -2.28. The average molecular weight is 1530 g/mol. The number of para-hydroxylation sites is 7. The molecule has 0 heterocycles. The fourth-order valence-corrected chi connectivity index (χ4v) is 14.2. The van der Waals surface area contributed by atoms with Gasteiger partial charge in [0.1, 0.15) is 11.5 Å². The summed E-state index contributed by atoms with van der Waals surface area (Å²) in [4.78, 5) is 13.5. The maximum atomic E-state index is 5.56. The molecule has 0 aliphatic heterocycles. The molecule has 0 aromatic heterocycles. The van der Waals surface area contributed by atoms with E-state index < -0.39 is 0 Å².